The molecule has 0 N–H and O–H groups in total. The van der Waals surface area contributed by atoms with Gasteiger partial charge in [0.2, 0.25) is 0 Å². The van der Waals surface area contributed by atoms with Gasteiger partial charge in [0, 0.05) is 0 Å². The molecule has 0 aromatic heterocycles. The van der Waals surface area contributed by atoms with E-state index in [1.165, 1.54) is 0 Å². The molecular formula is C8F18. The molecule has 0 aromatic rings. The van der Waals surface area contributed by atoms with Crippen LogP contribution in [0.5, 0.6) is 0 Å². The van der Waals surface area contributed by atoms with E-state index in [4.69, 9.17) is 0 Å². The van der Waals surface area contributed by atoms with Crippen LogP contribution < -0.4 is 0 Å². The third-order valence-electron chi connectivity index (χ3n) is 2.89. The molecule has 0 radical (unpaired) electrons. The molecule has 0 fully saturated rings. The summed E-state index contributed by atoms with van der Waals surface area (Å²) in [5, 5.41) is 0. The Kier molecular flexibility index (Phi) is 5.35. The van der Waals surface area contributed by atoms with Gasteiger partial charge >= 0.3 is 47.9 Å². The van der Waals surface area contributed by atoms with Gasteiger partial charge in [-0.2, -0.15) is 79.0 Å². The zero-order chi connectivity index (χ0) is 22.0. The summed E-state index contributed by atoms with van der Waals surface area (Å²) in [4.78, 5) is 0. The number of hydrogen-bond donors (Lipinski definition) is 0. The van der Waals surface area contributed by atoms with Crippen molar-refractivity contribution in [1.82, 2.24) is 0 Å². The Morgan fingerprint density at radius 2 is 0.462 bits per heavy atom. The fourth-order valence-corrected chi connectivity index (χ4v) is 1.63. The Balaban J connectivity index is 7.31. The van der Waals surface area contributed by atoms with Crippen molar-refractivity contribution < 1.29 is 79.0 Å². The van der Waals surface area contributed by atoms with Crippen molar-refractivity contribution in [3.05, 3.63) is 0 Å². The van der Waals surface area contributed by atoms with E-state index in [1.54, 1.807) is 0 Å². The number of halogens is 18. The summed E-state index contributed by atoms with van der Waals surface area (Å²) >= 11 is 0. The first-order chi connectivity index (χ1) is 10.8. The van der Waals surface area contributed by atoms with Crippen molar-refractivity contribution in [3.63, 3.8) is 0 Å². The van der Waals surface area contributed by atoms with E-state index in [2.05, 4.69) is 0 Å². The SMILES string of the molecule is FC(F)(F)C(F)(F)C(F)(F)C(F)(F)C(C(F)(F)F)(C(F)(F)F)C(F)(F)F. The maximum absolute atomic E-state index is 13.1. The minimum absolute atomic E-state index is 7.94. The molecule has 0 aromatic carbocycles. The lowest BCUT2D eigenvalue weighted by atomic mass is 9.74. The van der Waals surface area contributed by atoms with Gasteiger partial charge in [0.1, 0.15) is 0 Å². The van der Waals surface area contributed by atoms with Crippen molar-refractivity contribution >= 4 is 0 Å². The first-order valence-corrected chi connectivity index (χ1v) is 5.15. The monoisotopic (exact) mass is 438 g/mol. The van der Waals surface area contributed by atoms with Crippen LogP contribution in [0.15, 0.2) is 0 Å². The molecule has 0 rings (SSSR count). The van der Waals surface area contributed by atoms with Crippen LogP contribution >= 0.6 is 0 Å². The number of hydrogen-bond acceptors (Lipinski definition) is 0. The average Bonchev–Trinajstić information content (AvgIpc) is 2.19. The summed E-state index contributed by atoms with van der Waals surface area (Å²) in [5.41, 5.74) is -8.95. The van der Waals surface area contributed by atoms with Crippen LogP contribution in [-0.2, 0) is 0 Å². The third-order valence-corrected chi connectivity index (χ3v) is 2.89. The summed E-state index contributed by atoms with van der Waals surface area (Å²) in [6.07, 6.45) is -33.5. The number of rotatable bonds is 3. The molecule has 18 heteroatoms. The normalized spacial score (nSPS) is 16.8. The molecule has 0 aliphatic rings. The maximum atomic E-state index is 13.1. The van der Waals surface area contributed by atoms with Crippen molar-refractivity contribution in [1.29, 1.82) is 0 Å². The van der Waals surface area contributed by atoms with Crippen LogP contribution in [-0.4, -0.2) is 42.5 Å². The molecule has 0 saturated heterocycles. The van der Waals surface area contributed by atoms with Crippen LogP contribution in [0.25, 0.3) is 0 Å². The van der Waals surface area contributed by atoms with E-state index < -0.39 is 47.9 Å². The van der Waals surface area contributed by atoms with Gasteiger partial charge in [0.15, 0.2) is 0 Å². The number of alkyl halides is 18. The Bertz CT molecular complexity index is 471. The van der Waals surface area contributed by atoms with Crippen LogP contribution in [0.3, 0.4) is 0 Å². The van der Waals surface area contributed by atoms with Crippen LogP contribution in [0.4, 0.5) is 79.0 Å². The third kappa shape index (κ3) is 2.82. The standard InChI is InChI=1S/C8F18/c9-2(10,3(11,12)4(13,14)8(24,25)26)1(5(15,16)17,6(18,19)20)7(21,22)23. The van der Waals surface area contributed by atoms with Crippen LogP contribution in [0.1, 0.15) is 0 Å². The lowest BCUT2D eigenvalue weighted by molar-refractivity contribution is -0.516. The smallest absolute Gasteiger partial charge is 0.198 e. The van der Waals surface area contributed by atoms with Gasteiger partial charge < -0.3 is 0 Å². The topological polar surface area (TPSA) is 0 Å². The van der Waals surface area contributed by atoms with E-state index >= 15 is 0 Å². The molecule has 0 spiro atoms. The largest absolute Gasteiger partial charge is 0.460 e. The lowest BCUT2D eigenvalue weighted by Gasteiger charge is -2.46. The van der Waals surface area contributed by atoms with Gasteiger partial charge in [0.25, 0.3) is 0 Å². The first kappa shape index (κ1) is 24.7. The fourth-order valence-electron chi connectivity index (χ4n) is 1.63. The summed E-state index contributed by atoms with van der Waals surface area (Å²) in [7, 11) is 0. The van der Waals surface area contributed by atoms with E-state index in [0.29, 0.717) is 0 Å². The van der Waals surface area contributed by atoms with Gasteiger partial charge in [-0.05, 0) is 0 Å². The van der Waals surface area contributed by atoms with E-state index in [1.807, 2.05) is 0 Å². The highest BCUT2D eigenvalue weighted by Crippen LogP contribution is 2.71. The first-order valence-electron chi connectivity index (χ1n) is 5.15. The van der Waals surface area contributed by atoms with E-state index in [9.17, 15) is 79.0 Å². The molecule has 0 aliphatic carbocycles. The van der Waals surface area contributed by atoms with Crippen molar-refractivity contribution in [2.75, 3.05) is 0 Å². The highest BCUT2D eigenvalue weighted by molar-refractivity contribution is 5.16. The van der Waals surface area contributed by atoms with Gasteiger partial charge in [0.05, 0.1) is 0 Å². The second-order valence-electron chi connectivity index (χ2n) is 4.46. The summed E-state index contributed by atoms with van der Waals surface area (Å²) in [5.74, 6) is -26.3. The van der Waals surface area contributed by atoms with Gasteiger partial charge in [-0.25, -0.2) is 0 Å². The van der Waals surface area contributed by atoms with E-state index in [-0.39, 0.29) is 0 Å². The predicted molar refractivity (Wildman–Crippen MR) is 41.5 cm³/mol. The van der Waals surface area contributed by atoms with Gasteiger partial charge in [-0.1, -0.05) is 0 Å². The van der Waals surface area contributed by atoms with Gasteiger partial charge in [-0.15, -0.1) is 0 Å². The Labute approximate surface area is 128 Å². The van der Waals surface area contributed by atoms with Crippen molar-refractivity contribution in [2.45, 2.75) is 42.5 Å². The zero-order valence-electron chi connectivity index (χ0n) is 10.8. The summed E-state index contributed by atoms with van der Waals surface area (Å²) in [6, 6.07) is 0. The molecule has 0 nitrogen and oxygen atoms in total. The zero-order valence-corrected chi connectivity index (χ0v) is 10.8. The Hall–Kier alpha value is -1.26. The van der Waals surface area contributed by atoms with Gasteiger partial charge in [-0.3, -0.25) is 0 Å². The molecule has 0 unspecified atom stereocenters. The molecule has 0 atom stereocenters. The second-order valence-corrected chi connectivity index (χ2v) is 4.46. The minimum Gasteiger partial charge on any atom is -0.198 e. The molecule has 0 heterocycles. The Morgan fingerprint density at radius 3 is 0.615 bits per heavy atom. The van der Waals surface area contributed by atoms with Crippen LogP contribution in [0.2, 0.25) is 0 Å². The van der Waals surface area contributed by atoms with Crippen LogP contribution in [0, 0.1) is 5.41 Å². The molecule has 0 aliphatic heterocycles. The average molecular weight is 438 g/mol. The molecule has 0 saturated carbocycles. The molecular weight excluding hydrogens is 438 g/mol. The molecule has 0 bridgehead atoms. The highest BCUT2D eigenvalue weighted by Gasteiger charge is 3.01. The van der Waals surface area contributed by atoms with Crippen molar-refractivity contribution in [3.8, 4) is 0 Å². The lowest BCUT2D eigenvalue weighted by Crippen LogP contribution is -2.77. The Morgan fingerprint density at radius 1 is 0.231 bits per heavy atom. The maximum Gasteiger partial charge on any atom is 0.460 e. The van der Waals surface area contributed by atoms with Crippen molar-refractivity contribution in [2.24, 2.45) is 5.41 Å². The quantitative estimate of drug-likeness (QED) is 0.466. The summed E-state index contributed by atoms with van der Waals surface area (Å²) < 4.78 is 223. The molecule has 0 amide bonds. The highest BCUT2D eigenvalue weighted by atomic mass is 19.4. The second kappa shape index (κ2) is 5.62. The minimum atomic E-state index is -9.08. The molecule has 26 heavy (non-hydrogen) atoms. The fraction of sp³-hybridized carbons (Fsp3) is 1.00. The molecule has 158 valence electrons. The predicted octanol–water partition coefficient (Wildman–Crippen LogP) is 6.13. The van der Waals surface area contributed by atoms with E-state index in [0.717, 1.165) is 0 Å². The summed E-state index contributed by atoms with van der Waals surface area (Å²) in [6.45, 7) is 0.